The van der Waals surface area contributed by atoms with E-state index < -0.39 is 0 Å². The van der Waals surface area contributed by atoms with E-state index in [4.69, 9.17) is 9.72 Å². The molecule has 3 N–H and O–H groups in total. The molecule has 1 aliphatic heterocycles. The van der Waals surface area contributed by atoms with Gasteiger partial charge in [-0.1, -0.05) is 6.07 Å². The number of aromatic nitrogens is 3. The number of aromatic amines is 1. The number of nitrogens with one attached hydrogen (secondary N) is 3. The van der Waals surface area contributed by atoms with E-state index in [0.29, 0.717) is 5.56 Å². The molecule has 5 rings (SSSR count). The quantitative estimate of drug-likeness (QED) is 0.263. The van der Waals surface area contributed by atoms with Crippen molar-refractivity contribution in [2.75, 3.05) is 44.7 Å². The maximum absolute atomic E-state index is 9.76. The van der Waals surface area contributed by atoms with Crippen LogP contribution in [-0.4, -0.2) is 59.2 Å². The molecular formula is C30H33N7O. The molecule has 8 nitrogen and oxygen atoms in total. The van der Waals surface area contributed by atoms with Crippen molar-refractivity contribution < 1.29 is 4.74 Å². The molecule has 1 fully saturated rings. The number of ether oxygens (including phenoxy) is 1. The predicted molar refractivity (Wildman–Crippen MR) is 152 cm³/mol. The molecule has 194 valence electrons. The number of hydrogen-bond donors (Lipinski definition) is 3. The summed E-state index contributed by atoms with van der Waals surface area (Å²) in [6, 6.07) is 14.4. The lowest BCUT2D eigenvalue weighted by molar-refractivity contribution is 0.0374. The van der Waals surface area contributed by atoms with Crippen molar-refractivity contribution in [2.45, 2.75) is 19.9 Å². The molecule has 0 atom stereocenters. The average molecular weight is 508 g/mol. The normalized spacial score (nSPS) is 14.2. The van der Waals surface area contributed by atoms with Gasteiger partial charge in [-0.15, -0.1) is 0 Å². The smallest absolute Gasteiger partial charge is 0.103 e. The van der Waals surface area contributed by atoms with Crippen molar-refractivity contribution in [2.24, 2.45) is 0 Å². The van der Waals surface area contributed by atoms with Crippen LogP contribution in [0.1, 0.15) is 34.5 Å². The monoisotopic (exact) mass is 507 g/mol. The molecule has 0 bridgehead atoms. The zero-order chi connectivity index (χ0) is 26.2. The number of hydrogen-bond acceptors (Lipinski definition) is 7. The molecule has 4 aromatic rings. The number of pyridine rings is 2. The molecule has 0 unspecified atom stereocenters. The molecule has 1 aromatic carbocycles. The zero-order valence-corrected chi connectivity index (χ0v) is 21.7. The topological polar surface area (TPSA) is 102 Å². The Morgan fingerprint density at radius 1 is 1.13 bits per heavy atom. The van der Waals surface area contributed by atoms with E-state index >= 15 is 0 Å². The number of morpholine rings is 1. The van der Waals surface area contributed by atoms with Crippen molar-refractivity contribution >= 4 is 34.4 Å². The first kappa shape index (κ1) is 25.6. The Balaban J connectivity index is 1.25. The Bertz CT molecular complexity index is 1450. The third kappa shape index (κ3) is 6.26. The molecule has 4 heterocycles. The van der Waals surface area contributed by atoms with E-state index in [9.17, 15) is 5.26 Å². The molecular weight excluding hydrogens is 474 g/mol. The highest BCUT2D eigenvalue weighted by Crippen LogP contribution is 2.31. The lowest BCUT2D eigenvalue weighted by atomic mass is 10.1. The van der Waals surface area contributed by atoms with Crippen LogP contribution in [0.25, 0.3) is 23.1 Å². The van der Waals surface area contributed by atoms with Gasteiger partial charge in [-0.3, -0.25) is 14.9 Å². The maximum atomic E-state index is 9.76. The van der Waals surface area contributed by atoms with Crippen molar-refractivity contribution in [1.82, 2.24) is 25.2 Å². The van der Waals surface area contributed by atoms with Gasteiger partial charge in [0.25, 0.3) is 0 Å². The minimum atomic E-state index is 0.490. The second-order valence-corrected chi connectivity index (χ2v) is 9.44. The van der Waals surface area contributed by atoms with Crippen LogP contribution in [0.3, 0.4) is 0 Å². The summed E-state index contributed by atoms with van der Waals surface area (Å²) in [5.41, 5.74) is 7.05. The summed E-state index contributed by atoms with van der Waals surface area (Å²) in [5.74, 6) is 0. The first-order chi connectivity index (χ1) is 18.7. The Labute approximate surface area is 223 Å². The number of H-pyrrole nitrogens is 1. The maximum Gasteiger partial charge on any atom is 0.103 e. The van der Waals surface area contributed by atoms with E-state index in [1.54, 1.807) is 12.4 Å². The van der Waals surface area contributed by atoms with Crippen LogP contribution >= 0.6 is 0 Å². The Hall–Kier alpha value is -4.03. The molecule has 1 aliphatic rings. The van der Waals surface area contributed by atoms with Gasteiger partial charge in [0.05, 0.1) is 35.9 Å². The van der Waals surface area contributed by atoms with Gasteiger partial charge in [0.1, 0.15) is 6.07 Å². The Kier molecular flexibility index (Phi) is 8.41. The summed E-state index contributed by atoms with van der Waals surface area (Å²) in [4.78, 5) is 14.8. The van der Waals surface area contributed by atoms with Crippen molar-refractivity contribution in [3.63, 3.8) is 0 Å². The number of fused-ring (bicyclic) bond motifs is 1. The number of benzene rings is 1. The summed E-state index contributed by atoms with van der Waals surface area (Å²) >= 11 is 0. The SMILES string of the molecule is Cc1c(Nc2c(C#N)cncc2C=Cc2cccc(CNCCCN3CCOCC3)n2)ccc2[nH]ccc12. The van der Waals surface area contributed by atoms with Crippen LogP contribution in [0.4, 0.5) is 11.4 Å². The van der Waals surface area contributed by atoms with Crippen LogP contribution in [0.2, 0.25) is 0 Å². The minimum Gasteiger partial charge on any atom is -0.379 e. The Morgan fingerprint density at radius 3 is 2.89 bits per heavy atom. The molecule has 1 saturated heterocycles. The second kappa shape index (κ2) is 12.5. The number of nitrogens with zero attached hydrogens (tertiary/aromatic N) is 4. The lowest BCUT2D eigenvalue weighted by Gasteiger charge is -2.26. The van der Waals surface area contributed by atoms with Gasteiger partial charge >= 0.3 is 0 Å². The van der Waals surface area contributed by atoms with E-state index in [-0.39, 0.29) is 0 Å². The van der Waals surface area contributed by atoms with E-state index in [1.165, 1.54) is 0 Å². The fraction of sp³-hybridized carbons (Fsp3) is 0.300. The summed E-state index contributed by atoms with van der Waals surface area (Å²) in [5, 5.41) is 17.9. The predicted octanol–water partition coefficient (Wildman–Crippen LogP) is 4.86. The number of aryl methyl sites for hydroxylation is 1. The van der Waals surface area contributed by atoms with Crippen molar-refractivity contribution in [3.8, 4) is 6.07 Å². The summed E-state index contributed by atoms with van der Waals surface area (Å²) in [6.45, 7) is 8.59. The first-order valence-electron chi connectivity index (χ1n) is 13.1. The van der Waals surface area contributed by atoms with E-state index in [2.05, 4.69) is 44.6 Å². The van der Waals surface area contributed by atoms with E-state index in [1.807, 2.05) is 48.7 Å². The highest BCUT2D eigenvalue weighted by atomic mass is 16.5. The van der Waals surface area contributed by atoms with Gasteiger partial charge in [0.2, 0.25) is 0 Å². The fourth-order valence-electron chi connectivity index (χ4n) is 4.71. The fourth-order valence-corrected chi connectivity index (χ4v) is 4.71. The van der Waals surface area contributed by atoms with Crippen LogP contribution in [-0.2, 0) is 11.3 Å². The summed E-state index contributed by atoms with van der Waals surface area (Å²) < 4.78 is 5.41. The molecule has 0 aliphatic carbocycles. The number of rotatable bonds is 10. The standard InChI is InChI=1S/C30H33N7O/c1-22-27-10-12-34-29(27)9-8-28(22)36-30-23(19-33-20-24(30)18-31)6-7-25-4-2-5-26(35-25)21-32-11-3-13-37-14-16-38-17-15-37/h2,4-10,12,19-20,32,34H,3,11,13-17,21H2,1H3,(H,33,36). The third-order valence-corrected chi connectivity index (χ3v) is 6.86. The van der Waals surface area contributed by atoms with Gasteiger partial charge in [-0.2, -0.15) is 5.26 Å². The lowest BCUT2D eigenvalue weighted by Crippen LogP contribution is -2.37. The van der Waals surface area contributed by atoms with Crippen LogP contribution in [0.5, 0.6) is 0 Å². The van der Waals surface area contributed by atoms with Crippen LogP contribution < -0.4 is 10.6 Å². The summed E-state index contributed by atoms with van der Waals surface area (Å²) in [6.07, 6.45) is 10.3. The van der Waals surface area contributed by atoms with Gasteiger partial charge in [0.15, 0.2) is 0 Å². The van der Waals surface area contributed by atoms with Gasteiger partial charge in [0, 0.05) is 60.4 Å². The zero-order valence-electron chi connectivity index (χ0n) is 21.7. The Morgan fingerprint density at radius 2 is 2.03 bits per heavy atom. The van der Waals surface area contributed by atoms with Gasteiger partial charge in [-0.05, 0) is 74.5 Å². The van der Waals surface area contributed by atoms with Gasteiger partial charge in [-0.25, -0.2) is 0 Å². The molecule has 3 aromatic heterocycles. The highest BCUT2D eigenvalue weighted by Gasteiger charge is 2.12. The average Bonchev–Trinajstić information content (AvgIpc) is 3.44. The largest absolute Gasteiger partial charge is 0.379 e. The molecule has 0 saturated carbocycles. The summed E-state index contributed by atoms with van der Waals surface area (Å²) in [7, 11) is 0. The third-order valence-electron chi connectivity index (χ3n) is 6.86. The molecule has 0 amide bonds. The highest BCUT2D eigenvalue weighted by molar-refractivity contribution is 5.90. The molecule has 0 spiro atoms. The minimum absolute atomic E-state index is 0.490. The first-order valence-corrected chi connectivity index (χ1v) is 13.1. The van der Waals surface area contributed by atoms with E-state index in [0.717, 1.165) is 97.2 Å². The molecule has 0 radical (unpaired) electrons. The van der Waals surface area contributed by atoms with Crippen molar-refractivity contribution in [3.05, 3.63) is 83.1 Å². The number of anilines is 2. The van der Waals surface area contributed by atoms with Crippen LogP contribution in [0, 0.1) is 18.3 Å². The number of nitriles is 1. The van der Waals surface area contributed by atoms with Gasteiger partial charge < -0.3 is 20.4 Å². The molecule has 8 heteroatoms. The molecule has 38 heavy (non-hydrogen) atoms. The van der Waals surface area contributed by atoms with Crippen LogP contribution in [0.15, 0.2) is 55.0 Å². The second-order valence-electron chi connectivity index (χ2n) is 9.44. The van der Waals surface area contributed by atoms with Crippen molar-refractivity contribution in [1.29, 1.82) is 5.26 Å².